The number of aromatic nitrogens is 2. The van der Waals surface area contributed by atoms with Gasteiger partial charge in [0.15, 0.2) is 0 Å². The minimum Gasteiger partial charge on any atom is -0.383 e. The van der Waals surface area contributed by atoms with E-state index < -0.39 is 0 Å². The Kier molecular flexibility index (Phi) is 5.11. The molecule has 0 bridgehead atoms. The number of urea groups is 1. The van der Waals surface area contributed by atoms with Crippen LogP contribution >= 0.6 is 0 Å². The first kappa shape index (κ1) is 16.0. The van der Waals surface area contributed by atoms with Gasteiger partial charge in [0.1, 0.15) is 5.82 Å². The number of aromatic amines is 1. The molecule has 7 heteroatoms. The van der Waals surface area contributed by atoms with Crippen molar-refractivity contribution in [3.8, 4) is 0 Å². The van der Waals surface area contributed by atoms with Crippen molar-refractivity contribution in [3.63, 3.8) is 0 Å². The second-order valence-electron chi connectivity index (χ2n) is 5.19. The largest absolute Gasteiger partial charge is 0.383 e. The standard InChI is InChI=1S/C15H20N4O3/c1-10(9-22-3)16-15(21)19(2)8-13-17-12-7-5-4-6-11(12)14(20)18-13/h4-7,10H,8-9H2,1-3H3,(H,16,21)(H,17,18,20)/t10-/m0/s1. The number of para-hydroxylation sites is 1. The molecule has 0 radical (unpaired) electrons. The van der Waals surface area contributed by atoms with E-state index >= 15 is 0 Å². The van der Waals surface area contributed by atoms with Crippen LogP contribution in [0.15, 0.2) is 29.1 Å². The fourth-order valence-corrected chi connectivity index (χ4v) is 2.12. The summed E-state index contributed by atoms with van der Waals surface area (Å²) in [6, 6.07) is 6.75. The number of carbonyl (C=O) groups excluding carboxylic acids is 1. The predicted octanol–water partition coefficient (Wildman–Crippen LogP) is 1.10. The molecule has 2 N–H and O–H groups in total. The molecular formula is C15H20N4O3. The number of carbonyl (C=O) groups is 1. The van der Waals surface area contributed by atoms with Crippen LogP contribution in [0.1, 0.15) is 12.7 Å². The molecule has 2 amide bonds. The van der Waals surface area contributed by atoms with Crippen LogP contribution in [-0.4, -0.2) is 47.7 Å². The molecule has 0 saturated heterocycles. The number of nitrogens with zero attached hydrogens (tertiary/aromatic N) is 2. The van der Waals surface area contributed by atoms with Crippen molar-refractivity contribution in [2.24, 2.45) is 0 Å². The molecule has 0 aliphatic carbocycles. The number of rotatable bonds is 5. The molecule has 0 aliphatic rings. The lowest BCUT2D eigenvalue weighted by atomic mass is 10.2. The van der Waals surface area contributed by atoms with Crippen molar-refractivity contribution < 1.29 is 9.53 Å². The van der Waals surface area contributed by atoms with Crippen molar-refractivity contribution >= 4 is 16.9 Å². The number of ether oxygens (including phenoxy) is 1. The molecule has 0 saturated carbocycles. The average Bonchev–Trinajstić information content (AvgIpc) is 2.47. The molecule has 0 unspecified atom stereocenters. The molecule has 1 heterocycles. The minimum absolute atomic E-state index is 0.0939. The molecule has 2 rings (SSSR count). The number of fused-ring (bicyclic) bond motifs is 1. The van der Waals surface area contributed by atoms with E-state index in [1.165, 1.54) is 4.90 Å². The fraction of sp³-hybridized carbons (Fsp3) is 0.400. The van der Waals surface area contributed by atoms with Crippen LogP contribution in [0.25, 0.3) is 10.9 Å². The second kappa shape index (κ2) is 7.04. The van der Waals surface area contributed by atoms with Crippen molar-refractivity contribution in [1.29, 1.82) is 0 Å². The van der Waals surface area contributed by atoms with Crippen molar-refractivity contribution in [1.82, 2.24) is 20.2 Å². The molecule has 1 atom stereocenters. The molecule has 0 aliphatic heterocycles. The first-order valence-corrected chi connectivity index (χ1v) is 6.99. The van der Waals surface area contributed by atoms with Gasteiger partial charge in [-0.3, -0.25) is 4.79 Å². The molecule has 118 valence electrons. The van der Waals surface area contributed by atoms with Gasteiger partial charge < -0.3 is 19.9 Å². The number of H-pyrrole nitrogens is 1. The monoisotopic (exact) mass is 304 g/mol. The van der Waals surface area contributed by atoms with Crippen molar-refractivity contribution in [2.45, 2.75) is 19.5 Å². The van der Waals surface area contributed by atoms with Gasteiger partial charge in [-0.2, -0.15) is 0 Å². The average molecular weight is 304 g/mol. The first-order valence-electron chi connectivity index (χ1n) is 6.99. The van der Waals surface area contributed by atoms with E-state index in [4.69, 9.17) is 4.74 Å². The second-order valence-corrected chi connectivity index (χ2v) is 5.19. The number of hydrogen-bond acceptors (Lipinski definition) is 4. The highest BCUT2D eigenvalue weighted by molar-refractivity contribution is 5.77. The van der Waals surface area contributed by atoms with Gasteiger partial charge in [0, 0.05) is 14.2 Å². The Balaban J connectivity index is 2.10. The van der Waals surface area contributed by atoms with Gasteiger partial charge >= 0.3 is 6.03 Å². The zero-order valence-corrected chi connectivity index (χ0v) is 12.9. The van der Waals surface area contributed by atoms with Crippen LogP contribution in [0.3, 0.4) is 0 Å². The summed E-state index contributed by atoms with van der Waals surface area (Å²) in [6.45, 7) is 2.50. The minimum atomic E-state index is -0.250. The first-order chi connectivity index (χ1) is 10.5. The molecule has 1 aromatic carbocycles. The van der Waals surface area contributed by atoms with Gasteiger partial charge in [0.25, 0.3) is 5.56 Å². The Hall–Kier alpha value is -2.41. The van der Waals surface area contributed by atoms with E-state index in [-0.39, 0.29) is 24.2 Å². The summed E-state index contributed by atoms with van der Waals surface area (Å²) in [5.74, 6) is 0.445. The smallest absolute Gasteiger partial charge is 0.317 e. The van der Waals surface area contributed by atoms with E-state index in [0.717, 1.165) is 0 Å². The zero-order valence-electron chi connectivity index (χ0n) is 12.9. The van der Waals surface area contributed by atoms with Gasteiger partial charge in [-0.25, -0.2) is 9.78 Å². The molecule has 1 aromatic heterocycles. The topological polar surface area (TPSA) is 87.3 Å². The van der Waals surface area contributed by atoms with Crippen LogP contribution in [0.2, 0.25) is 0 Å². The lowest BCUT2D eigenvalue weighted by molar-refractivity contribution is 0.162. The van der Waals surface area contributed by atoms with E-state index in [0.29, 0.717) is 23.3 Å². The fourth-order valence-electron chi connectivity index (χ4n) is 2.12. The number of benzene rings is 1. The van der Waals surface area contributed by atoms with E-state index in [1.807, 2.05) is 13.0 Å². The molecule has 0 fully saturated rings. The number of nitrogens with one attached hydrogen (secondary N) is 2. The molecule has 22 heavy (non-hydrogen) atoms. The summed E-state index contributed by atoms with van der Waals surface area (Å²) < 4.78 is 4.97. The Bertz CT molecular complexity index is 713. The van der Waals surface area contributed by atoms with Crippen LogP contribution in [-0.2, 0) is 11.3 Å². The quantitative estimate of drug-likeness (QED) is 0.866. The van der Waals surface area contributed by atoms with E-state index in [2.05, 4.69) is 15.3 Å². The summed E-state index contributed by atoms with van der Waals surface area (Å²) in [7, 11) is 3.22. The van der Waals surface area contributed by atoms with Gasteiger partial charge in [-0.1, -0.05) is 12.1 Å². The Morgan fingerprint density at radius 1 is 1.45 bits per heavy atom. The molecule has 7 nitrogen and oxygen atoms in total. The molecule has 0 spiro atoms. The van der Waals surface area contributed by atoms with Gasteiger partial charge in [-0.05, 0) is 19.1 Å². The van der Waals surface area contributed by atoms with Crippen LogP contribution in [0.4, 0.5) is 4.79 Å². The summed E-state index contributed by atoms with van der Waals surface area (Å²) in [5, 5.41) is 3.33. The maximum absolute atomic E-state index is 12.0. The SMILES string of the molecule is COC[C@H](C)NC(=O)N(C)Cc1nc2ccccc2c(=O)[nH]1. The van der Waals surface area contributed by atoms with Gasteiger partial charge in [-0.15, -0.1) is 0 Å². The van der Waals surface area contributed by atoms with E-state index in [1.54, 1.807) is 32.4 Å². The summed E-state index contributed by atoms with van der Waals surface area (Å²) >= 11 is 0. The lowest BCUT2D eigenvalue weighted by Gasteiger charge is -2.20. The third-order valence-electron chi connectivity index (χ3n) is 3.18. The number of methoxy groups -OCH3 is 1. The summed E-state index contributed by atoms with van der Waals surface area (Å²) in [5.41, 5.74) is 0.407. The Labute approximate surface area is 128 Å². The highest BCUT2D eigenvalue weighted by Crippen LogP contribution is 2.06. The molecule has 2 aromatic rings. The highest BCUT2D eigenvalue weighted by atomic mass is 16.5. The normalized spacial score (nSPS) is 12.1. The Morgan fingerprint density at radius 3 is 2.91 bits per heavy atom. The lowest BCUT2D eigenvalue weighted by Crippen LogP contribution is -2.43. The number of hydrogen-bond donors (Lipinski definition) is 2. The zero-order chi connectivity index (χ0) is 16.1. The van der Waals surface area contributed by atoms with Crippen molar-refractivity contribution in [2.75, 3.05) is 20.8 Å². The van der Waals surface area contributed by atoms with Crippen LogP contribution < -0.4 is 10.9 Å². The third kappa shape index (κ3) is 3.82. The van der Waals surface area contributed by atoms with E-state index in [9.17, 15) is 9.59 Å². The van der Waals surface area contributed by atoms with Crippen LogP contribution in [0.5, 0.6) is 0 Å². The highest BCUT2D eigenvalue weighted by Gasteiger charge is 2.13. The molecular weight excluding hydrogens is 284 g/mol. The van der Waals surface area contributed by atoms with Crippen LogP contribution in [0, 0.1) is 0 Å². The predicted molar refractivity (Wildman–Crippen MR) is 83.7 cm³/mol. The Morgan fingerprint density at radius 2 is 2.18 bits per heavy atom. The maximum Gasteiger partial charge on any atom is 0.317 e. The maximum atomic E-state index is 12.0. The summed E-state index contributed by atoms with van der Waals surface area (Å²) in [4.78, 5) is 32.5. The third-order valence-corrected chi connectivity index (χ3v) is 3.18. The van der Waals surface area contributed by atoms with Gasteiger partial charge in [0.05, 0.1) is 30.1 Å². The number of amides is 2. The van der Waals surface area contributed by atoms with Gasteiger partial charge in [0.2, 0.25) is 0 Å². The summed E-state index contributed by atoms with van der Waals surface area (Å²) in [6.07, 6.45) is 0. The van der Waals surface area contributed by atoms with Crippen molar-refractivity contribution in [3.05, 3.63) is 40.4 Å².